The van der Waals surface area contributed by atoms with Crippen LogP contribution in [0.4, 0.5) is 0 Å². The van der Waals surface area contributed by atoms with E-state index in [-0.39, 0.29) is 6.04 Å². The molecule has 1 atom stereocenters. The lowest BCUT2D eigenvalue weighted by molar-refractivity contribution is 0.679. The Balaban J connectivity index is 1.90. The zero-order valence-electron chi connectivity index (χ0n) is 12.9. The fraction of sp³-hybridized carbons (Fsp3) is 0.0500. The van der Waals surface area contributed by atoms with Gasteiger partial charge < -0.3 is 9.55 Å². The molecule has 3 nitrogen and oxygen atoms in total. The number of aromatic nitrogens is 3. The van der Waals surface area contributed by atoms with Crippen molar-refractivity contribution in [2.24, 2.45) is 0 Å². The van der Waals surface area contributed by atoms with Crippen molar-refractivity contribution in [3.63, 3.8) is 0 Å². The van der Waals surface area contributed by atoms with Gasteiger partial charge in [0.05, 0.1) is 12.4 Å². The maximum absolute atomic E-state index is 6.43. The van der Waals surface area contributed by atoms with E-state index in [9.17, 15) is 0 Å². The summed E-state index contributed by atoms with van der Waals surface area (Å²) in [4.78, 5) is 7.47. The van der Waals surface area contributed by atoms with Gasteiger partial charge in [-0.25, -0.2) is 4.98 Å². The van der Waals surface area contributed by atoms with Gasteiger partial charge in [-0.1, -0.05) is 60.1 Å². The number of halogens is 1. The molecule has 0 saturated carbocycles. The highest BCUT2D eigenvalue weighted by Gasteiger charge is 2.21. The molecular formula is C20H16ClN3. The Hall–Kier alpha value is -2.78. The number of benzene rings is 2. The van der Waals surface area contributed by atoms with Crippen LogP contribution in [0.15, 0.2) is 85.7 Å². The van der Waals surface area contributed by atoms with E-state index in [1.807, 2.05) is 55.2 Å². The van der Waals surface area contributed by atoms with Crippen molar-refractivity contribution in [3.8, 4) is 11.1 Å². The van der Waals surface area contributed by atoms with E-state index in [1.54, 1.807) is 6.20 Å². The highest BCUT2D eigenvalue weighted by molar-refractivity contribution is 6.33. The van der Waals surface area contributed by atoms with Gasteiger partial charge in [0.2, 0.25) is 0 Å². The van der Waals surface area contributed by atoms with Crippen LogP contribution in [0.1, 0.15) is 17.2 Å². The molecule has 0 unspecified atom stereocenters. The van der Waals surface area contributed by atoms with Crippen molar-refractivity contribution in [1.29, 1.82) is 0 Å². The summed E-state index contributed by atoms with van der Waals surface area (Å²) in [7, 11) is 0. The Kier molecular flexibility index (Phi) is 3.93. The Morgan fingerprint density at radius 1 is 0.917 bits per heavy atom. The molecule has 4 heteroatoms. The average Bonchev–Trinajstić information content (AvgIpc) is 3.29. The molecule has 0 fully saturated rings. The van der Waals surface area contributed by atoms with Gasteiger partial charge in [0.25, 0.3) is 0 Å². The molecule has 4 rings (SSSR count). The Morgan fingerprint density at radius 2 is 1.71 bits per heavy atom. The van der Waals surface area contributed by atoms with Gasteiger partial charge in [0, 0.05) is 46.5 Å². The van der Waals surface area contributed by atoms with Crippen LogP contribution in [-0.2, 0) is 0 Å². The molecule has 4 aromatic rings. The number of rotatable bonds is 4. The van der Waals surface area contributed by atoms with Crippen LogP contribution in [-0.4, -0.2) is 14.5 Å². The minimum absolute atomic E-state index is 0.0335. The van der Waals surface area contributed by atoms with Crippen molar-refractivity contribution in [1.82, 2.24) is 14.5 Å². The Bertz CT molecular complexity index is 926. The predicted molar refractivity (Wildman–Crippen MR) is 97.1 cm³/mol. The minimum atomic E-state index is 0.0335. The Morgan fingerprint density at radius 3 is 2.46 bits per heavy atom. The number of H-pyrrole nitrogens is 1. The third-order valence-electron chi connectivity index (χ3n) is 4.17. The third kappa shape index (κ3) is 2.63. The summed E-state index contributed by atoms with van der Waals surface area (Å²) in [5.74, 6) is 0. The van der Waals surface area contributed by atoms with Crippen LogP contribution in [0.5, 0.6) is 0 Å². The second-order valence-corrected chi connectivity index (χ2v) is 6.03. The van der Waals surface area contributed by atoms with E-state index >= 15 is 0 Å². The summed E-state index contributed by atoms with van der Waals surface area (Å²) in [6.45, 7) is 0. The van der Waals surface area contributed by atoms with Crippen LogP contribution in [0.2, 0.25) is 5.02 Å². The summed E-state index contributed by atoms with van der Waals surface area (Å²) in [5.41, 5.74) is 4.48. The van der Waals surface area contributed by atoms with E-state index in [4.69, 9.17) is 11.6 Å². The highest BCUT2D eigenvalue weighted by atomic mass is 35.5. The van der Waals surface area contributed by atoms with E-state index in [2.05, 4.69) is 38.8 Å². The zero-order chi connectivity index (χ0) is 16.4. The standard InChI is InChI=1S/C20H16ClN3/c21-19-9-5-4-8-16(19)17-12-23-13-18(17)20(24-11-10-22-14-24)15-6-2-1-3-7-15/h1-14,20,23H/t20-/m0/s1. The number of hydrogen-bond donors (Lipinski definition) is 1. The predicted octanol–water partition coefficient (Wildman–Crippen LogP) is 5.17. The van der Waals surface area contributed by atoms with Crippen molar-refractivity contribution >= 4 is 11.6 Å². The second-order valence-electron chi connectivity index (χ2n) is 5.63. The molecule has 0 aliphatic heterocycles. The minimum Gasteiger partial charge on any atom is -0.367 e. The van der Waals surface area contributed by atoms with Crippen molar-refractivity contribution in [2.75, 3.05) is 0 Å². The van der Waals surface area contributed by atoms with Gasteiger partial charge in [-0.05, 0) is 11.6 Å². The molecule has 0 saturated heterocycles. The summed E-state index contributed by atoms with van der Waals surface area (Å²) in [5, 5.41) is 0.746. The first-order chi connectivity index (χ1) is 11.8. The SMILES string of the molecule is Clc1ccccc1-c1c[nH]cc1[C@H](c1ccccc1)n1ccnc1. The molecule has 0 bridgehead atoms. The quantitative estimate of drug-likeness (QED) is 0.549. The lowest BCUT2D eigenvalue weighted by Gasteiger charge is -2.20. The molecular weight excluding hydrogens is 318 g/mol. The van der Waals surface area contributed by atoms with Gasteiger partial charge in [-0.3, -0.25) is 0 Å². The van der Waals surface area contributed by atoms with Crippen LogP contribution in [0.3, 0.4) is 0 Å². The fourth-order valence-corrected chi connectivity index (χ4v) is 3.32. The average molecular weight is 334 g/mol. The largest absolute Gasteiger partial charge is 0.367 e. The first-order valence-corrected chi connectivity index (χ1v) is 8.16. The number of hydrogen-bond acceptors (Lipinski definition) is 1. The normalized spacial score (nSPS) is 12.2. The summed E-state index contributed by atoms with van der Waals surface area (Å²) >= 11 is 6.43. The van der Waals surface area contributed by atoms with Gasteiger partial charge in [-0.2, -0.15) is 0 Å². The molecule has 2 aromatic carbocycles. The third-order valence-corrected chi connectivity index (χ3v) is 4.50. The molecule has 2 heterocycles. The van der Waals surface area contributed by atoms with E-state index in [1.165, 1.54) is 5.56 Å². The molecule has 0 radical (unpaired) electrons. The topological polar surface area (TPSA) is 33.6 Å². The zero-order valence-corrected chi connectivity index (χ0v) is 13.7. The van der Waals surface area contributed by atoms with E-state index < -0.39 is 0 Å². The maximum Gasteiger partial charge on any atom is 0.0954 e. The van der Waals surface area contributed by atoms with Gasteiger partial charge in [-0.15, -0.1) is 0 Å². The molecule has 0 aliphatic carbocycles. The van der Waals surface area contributed by atoms with Crippen LogP contribution in [0.25, 0.3) is 11.1 Å². The molecule has 0 amide bonds. The summed E-state index contributed by atoms with van der Waals surface area (Å²) < 4.78 is 2.11. The molecule has 118 valence electrons. The first kappa shape index (κ1) is 14.8. The van der Waals surface area contributed by atoms with E-state index in [0.717, 1.165) is 21.7 Å². The summed E-state index contributed by atoms with van der Waals surface area (Å²) in [6.07, 6.45) is 9.68. The smallest absolute Gasteiger partial charge is 0.0954 e. The maximum atomic E-state index is 6.43. The first-order valence-electron chi connectivity index (χ1n) is 7.78. The molecule has 24 heavy (non-hydrogen) atoms. The number of nitrogens with one attached hydrogen (secondary N) is 1. The van der Waals surface area contributed by atoms with Crippen LogP contribution in [0, 0.1) is 0 Å². The van der Waals surface area contributed by atoms with Crippen LogP contribution >= 0.6 is 11.6 Å². The Labute approximate surface area is 145 Å². The van der Waals surface area contributed by atoms with Crippen molar-refractivity contribution in [3.05, 3.63) is 102 Å². The van der Waals surface area contributed by atoms with Gasteiger partial charge in [0.15, 0.2) is 0 Å². The molecule has 1 N–H and O–H groups in total. The monoisotopic (exact) mass is 333 g/mol. The molecule has 2 aromatic heterocycles. The fourth-order valence-electron chi connectivity index (χ4n) is 3.08. The summed E-state index contributed by atoms with van der Waals surface area (Å²) in [6, 6.07) is 18.4. The highest BCUT2D eigenvalue weighted by Crippen LogP contribution is 2.37. The van der Waals surface area contributed by atoms with Gasteiger partial charge >= 0.3 is 0 Å². The molecule has 0 spiro atoms. The van der Waals surface area contributed by atoms with Gasteiger partial charge in [0.1, 0.15) is 0 Å². The lowest BCUT2D eigenvalue weighted by atomic mass is 9.94. The lowest BCUT2D eigenvalue weighted by Crippen LogP contribution is -2.10. The van der Waals surface area contributed by atoms with Crippen LogP contribution < -0.4 is 0 Å². The number of aromatic amines is 1. The van der Waals surface area contributed by atoms with Crippen molar-refractivity contribution in [2.45, 2.75) is 6.04 Å². The number of nitrogens with zero attached hydrogens (tertiary/aromatic N) is 2. The van der Waals surface area contributed by atoms with E-state index in [0.29, 0.717) is 0 Å². The number of imidazole rings is 1. The second kappa shape index (κ2) is 6.38. The van der Waals surface area contributed by atoms with Crippen molar-refractivity contribution < 1.29 is 0 Å². The molecule has 0 aliphatic rings.